The molecule has 118 valence electrons. The van der Waals surface area contributed by atoms with Gasteiger partial charge in [-0.05, 0) is 29.8 Å². The highest BCUT2D eigenvalue weighted by molar-refractivity contribution is 7.17. The van der Waals surface area contributed by atoms with E-state index in [0.29, 0.717) is 10.8 Å². The third kappa shape index (κ3) is 2.79. The monoisotopic (exact) mass is 353 g/mol. The van der Waals surface area contributed by atoms with Crippen LogP contribution in [-0.2, 0) is 0 Å². The molecule has 0 saturated heterocycles. The summed E-state index contributed by atoms with van der Waals surface area (Å²) in [4.78, 5) is 9.64. The van der Waals surface area contributed by atoms with Crippen molar-refractivity contribution < 1.29 is 5.11 Å². The normalized spacial score (nSPS) is 10.9. The number of aromatic hydroxyl groups is 1. The number of nitrogens with zero attached hydrogens (tertiary/aromatic N) is 2. The second kappa shape index (κ2) is 6.11. The molecule has 2 aromatic heterocycles. The molecule has 0 atom stereocenters. The Hall–Kier alpha value is -2.63. The molecule has 6 heteroatoms. The summed E-state index contributed by atoms with van der Waals surface area (Å²) < 4.78 is 0. The molecule has 2 aromatic carbocycles. The van der Waals surface area contributed by atoms with Crippen LogP contribution in [-0.4, -0.2) is 15.1 Å². The number of hydrogen-bond donors (Lipinski definition) is 2. The van der Waals surface area contributed by atoms with Gasteiger partial charge in [0.2, 0.25) is 0 Å². The molecule has 4 nitrogen and oxygen atoms in total. The number of phenolic OH excluding ortho intramolecular Hbond substituents is 1. The van der Waals surface area contributed by atoms with E-state index >= 15 is 0 Å². The van der Waals surface area contributed by atoms with E-state index < -0.39 is 0 Å². The highest BCUT2D eigenvalue weighted by atomic mass is 35.5. The third-order valence-electron chi connectivity index (χ3n) is 3.63. The molecule has 0 saturated carbocycles. The number of halogens is 1. The Morgan fingerprint density at radius 3 is 2.67 bits per heavy atom. The first kappa shape index (κ1) is 14.9. The number of thiophene rings is 1. The van der Waals surface area contributed by atoms with Gasteiger partial charge in [0.1, 0.15) is 22.7 Å². The number of aromatic nitrogens is 2. The van der Waals surface area contributed by atoms with E-state index in [1.165, 1.54) is 6.33 Å². The topological polar surface area (TPSA) is 58.0 Å². The number of phenols is 1. The van der Waals surface area contributed by atoms with Crippen molar-refractivity contribution in [2.24, 2.45) is 0 Å². The van der Waals surface area contributed by atoms with E-state index in [1.54, 1.807) is 29.5 Å². The van der Waals surface area contributed by atoms with Crippen LogP contribution in [0, 0.1) is 0 Å². The zero-order valence-corrected chi connectivity index (χ0v) is 14.0. The van der Waals surface area contributed by atoms with Gasteiger partial charge < -0.3 is 10.4 Å². The minimum absolute atomic E-state index is 0.202. The van der Waals surface area contributed by atoms with Crippen LogP contribution in [0.25, 0.3) is 21.3 Å². The van der Waals surface area contributed by atoms with Crippen molar-refractivity contribution in [1.82, 2.24) is 9.97 Å². The summed E-state index contributed by atoms with van der Waals surface area (Å²) in [6.45, 7) is 0. The van der Waals surface area contributed by atoms with E-state index in [1.807, 2.05) is 30.3 Å². The van der Waals surface area contributed by atoms with Crippen molar-refractivity contribution in [3.63, 3.8) is 0 Å². The van der Waals surface area contributed by atoms with Crippen molar-refractivity contribution in [2.75, 3.05) is 5.32 Å². The fourth-order valence-corrected chi connectivity index (χ4v) is 3.57. The SMILES string of the molecule is Oc1cccc(Nc2ncnc3scc(-c4ccc(Cl)cc4)c23)c1. The summed E-state index contributed by atoms with van der Waals surface area (Å²) in [5, 5.41) is 16.6. The number of fused-ring (bicyclic) bond motifs is 1. The zero-order valence-electron chi connectivity index (χ0n) is 12.4. The Labute approximate surface area is 147 Å². The number of nitrogens with one attached hydrogen (secondary N) is 1. The molecule has 0 amide bonds. The molecule has 4 rings (SSSR count). The van der Waals surface area contributed by atoms with Crippen LogP contribution in [0.1, 0.15) is 0 Å². The minimum atomic E-state index is 0.202. The molecule has 0 aliphatic carbocycles. The average molecular weight is 354 g/mol. The number of hydrogen-bond acceptors (Lipinski definition) is 5. The molecule has 0 radical (unpaired) electrons. The number of benzene rings is 2. The van der Waals surface area contributed by atoms with Crippen LogP contribution in [0.3, 0.4) is 0 Å². The molecule has 0 aliphatic rings. The van der Waals surface area contributed by atoms with Gasteiger partial charge in [0, 0.05) is 27.7 Å². The maximum Gasteiger partial charge on any atom is 0.143 e. The van der Waals surface area contributed by atoms with Gasteiger partial charge >= 0.3 is 0 Å². The standard InChI is InChI=1S/C18H12ClN3OS/c19-12-6-4-11(5-7-12)15-9-24-18-16(15)17(20-10-21-18)22-13-2-1-3-14(23)8-13/h1-10,23H,(H,20,21,22). The predicted octanol–water partition coefficient (Wildman–Crippen LogP) is 5.46. The summed E-state index contributed by atoms with van der Waals surface area (Å²) in [5.74, 6) is 0.908. The maximum absolute atomic E-state index is 9.64. The molecular weight excluding hydrogens is 342 g/mol. The first-order valence-corrected chi connectivity index (χ1v) is 8.51. The molecule has 0 fully saturated rings. The molecule has 0 bridgehead atoms. The highest BCUT2D eigenvalue weighted by Crippen LogP contribution is 2.37. The van der Waals surface area contributed by atoms with Crippen molar-refractivity contribution in [3.8, 4) is 16.9 Å². The molecule has 0 spiro atoms. The van der Waals surface area contributed by atoms with Crippen molar-refractivity contribution in [1.29, 1.82) is 0 Å². The Kier molecular flexibility index (Phi) is 3.80. The van der Waals surface area contributed by atoms with E-state index in [4.69, 9.17) is 11.6 Å². The van der Waals surface area contributed by atoms with E-state index in [-0.39, 0.29) is 5.75 Å². The van der Waals surface area contributed by atoms with Crippen molar-refractivity contribution in [2.45, 2.75) is 0 Å². The van der Waals surface area contributed by atoms with Crippen molar-refractivity contribution >= 4 is 44.7 Å². The van der Waals surface area contributed by atoms with Gasteiger partial charge in [-0.3, -0.25) is 0 Å². The lowest BCUT2D eigenvalue weighted by Crippen LogP contribution is -1.95. The molecule has 4 aromatic rings. The second-order valence-corrected chi connectivity index (χ2v) is 6.53. The fourth-order valence-electron chi connectivity index (χ4n) is 2.53. The predicted molar refractivity (Wildman–Crippen MR) is 99.3 cm³/mol. The molecule has 24 heavy (non-hydrogen) atoms. The summed E-state index contributed by atoms with van der Waals surface area (Å²) in [6.07, 6.45) is 1.54. The summed E-state index contributed by atoms with van der Waals surface area (Å²) >= 11 is 7.55. The van der Waals surface area contributed by atoms with Gasteiger partial charge in [-0.25, -0.2) is 9.97 Å². The summed E-state index contributed by atoms with van der Waals surface area (Å²) in [7, 11) is 0. The first-order chi connectivity index (χ1) is 11.7. The largest absolute Gasteiger partial charge is 0.508 e. The van der Waals surface area contributed by atoms with Crippen LogP contribution in [0.5, 0.6) is 5.75 Å². The maximum atomic E-state index is 9.64. The Bertz CT molecular complexity index is 1010. The molecule has 0 unspecified atom stereocenters. The summed E-state index contributed by atoms with van der Waals surface area (Å²) in [6, 6.07) is 14.6. The smallest absolute Gasteiger partial charge is 0.143 e. The Morgan fingerprint density at radius 2 is 1.88 bits per heavy atom. The first-order valence-electron chi connectivity index (χ1n) is 7.25. The second-order valence-electron chi connectivity index (χ2n) is 5.23. The number of anilines is 2. The van der Waals surface area contributed by atoms with Crippen LogP contribution >= 0.6 is 22.9 Å². The van der Waals surface area contributed by atoms with Crippen LogP contribution in [0.4, 0.5) is 11.5 Å². The van der Waals surface area contributed by atoms with Gasteiger partial charge in [0.25, 0.3) is 0 Å². The Balaban J connectivity index is 1.84. The van der Waals surface area contributed by atoms with Crippen LogP contribution in [0.15, 0.2) is 60.2 Å². The quantitative estimate of drug-likeness (QED) is 0.513. The lowest BCUT2D eigenvalue weighted by atomic mass is 10.1. The third-order valence-corrected chi connectivity index (χ3v) is 4.77. The highest BCUT2D eigenvalue weighted by Gasteiger charge is 2.13. The van der Waals surface area contributed by atoms with Gasteiger partial charge in [-0.15, -0.1) is 11.3 Å². The molecule has 2 heterocycles. The van der Waals surface area contributed by atoms with Crippen LogP contribution in [0.2, 0.25) is 5.02 Å². The van der Waals surface area contributed by atoms with Gasteiger partial charge in [0.15, 0.2) is 0 Å². The van der Waals surface area contributed by atoms with E-state index in [0.717, 1.165) is 27.0 Å². The minimum Gasteiger partial charge on any atom is -0.508 e. The lowest BCUT2D eigenvalue weighted by Gasteiger charge is -2.09. The number of rotatable bonds is 3. The van der Waals surface area contributed by atoms with Crippen LogP contribution < -0.4 is 5.32 Å². The van der Waals surface area contributed by atoms with E-state index in [9.17, 15) is 5.11 Å². The fraction of sp³-hybridized carbons (Fsp3) is 0. The van der Waals surface area contributed by atoms with Gasteiger partial charge in [0.05, 0.1) is 5.39 Å². The molecule has 2 N–H and O–H groups in total. The van der Waals surface area contributed by atoms with Crippen molar-refractivity contribution in [3.05, 3.63) is 65.3 Å². The van der Waals surface area contributed by atoms with Gasteiger partial charge in [-0.2, -0.15) is 0 Å². The Morgan fingerprint density at radius 1 is 1.04 bits per heavy atom. The lowest BCUT2D eigenvalue weighted by molar-refractivity contribution is 0.475. The van der Waals surface area contributed by atoms with E-state index in [2.05, 4.69) is 20.7 Å². The summed E-state index contributed by atoms with van der Waals surface area (Å²) in [5.41, 5.74) is 2.87. The van der Waals surface area contributed by atoms with Gasteiger partial charge in [-0.1, -0.05) is 29.8 Å². The molecular formula is C18H12ClN3OS. The average Bonchev–Trinajstić information content (AvgIpc) is 3.01. The molecule has 0 aliphatic heterocycles. The zero-order chi connectivity index (χ0) is 16.5.